The van der Waals surface area contributed by atoms with Crippen molar-refractivity contribution in [2.24, 2.45) is 0 Å². The van der Waals surface area contributed by atoms with Crippen LogP contribution >= 0.6 is 11.3 Å². The van der Waals surface area contributed by atoms with Gasteiger partial charge in [0, 0.05) is 17.4 Å². The van der Waals surface area contributed by atoms with Crippen LogP contribution in [0.25, 0.3) is 0 Å². The highest BCUT2D eigenvalue weighted by atomic mass is 32.1. The second kappa shape index (κ2) is 4.33. The summed E-state index contributed by atoms with van der Waals surface area (Å²) < 4.78 is 5.05. The average molecular weight is 228 g/mol. The van der Waals surface area contributed by atoms with Gasteiger partial charge in [0.05, 0.1) is 0 Å². The van der Waals surface area contributed by atoms with Crippen LogP contribution in [0, 0.1) is 6.92 Å². The quantitative estimate of drug-likeness (QED) is 0.861. The van der Waals surface area contributed by atoms with Crippen LogP contribution in [0.15, 0.2) is 11.4 Å². The number of carbonyl (C=O) groups is 1. The lowest BCUT2D eigenvalue weighted by Gasteiger charge is -2.29. The van der Waals surface area contributed by atoms with Crippen molar-refractivity contribution in [2.75, 3.05) is 7.11 Å². The van der Waals surface area contributed by atoms with E-state index in [1.165, 1.54) is 7.11 Å². The largest absolute Gasteiger partial charge is 0.479 e. The summed E-state index contributed by atoms with van der Waals surface area (Å²) in [5, 5.41) is 11.1. The summed E-state index contributed by atoms with van der Waals surface area (Å²) in [6.07, 6.45) is -0.810. The first-order valence-corrected chi connectivity index (χ1v) is 5.58. The van der Waals surface area contributed by atoms with Crippen LogP contribution in [0.5, 0.6) is 0 Å². The summed E-state index contributed by atoms with van der Waals surface area (Å²) in [6, 6.07) is 2.01. The molecule has 1 aromatic heterocycles. The number of thiophene rings is 1. The molecule has 0 saturated carbocycles. The van der Waals surface area contributed by atoms with Gasteiger partial charge in [-0.2, -0.15) is 0 Å². The molecule has 1 unspecified atom stereocenters. The molecule has 4 heteroatoms. The van der Waals surface area contributed by atoms with E-state index in [0.717, 1.165) is 10.4 Å². The van der Waals surface area contributed by atoms with Crippen LogP contribution < -0.4 is 0 Å². The fourth-order valence-corrected chi connectivity index (χ4v) is 2.65. The molecule has 0 aliphatic carbocycles. The number of rotatable bonds is 4. The Bertz CT molecular complexity index is 354. The maximum absolute atomic E-state index is 11.0. The monoisotopic (exact) mass is 228 g/mol. The summed E-state index contributed by atoms with van der Waals surface area (Å²) in [5.74, 6) is -0.923. The Morgan fingerprint density at radius 3 is 2.53 bits per heavy atom. The van der Waals surface area contributed by atoms with Crippen molar-refractivity contribution in [3.63, 3.8) is 0 Å². The molecule has 84 valence electrons. The third-order valence-corrected chi connectivity index (χ3v) is 3.87. The van der Waals surface area contributed by atoms with E-state index in [0.29, 0.717) is 0 Å². The van der Waals surface area contributed by atoms with Gasteiger partial charge in [0.15, 0.2) is 6.10 Å². The molecule has 0 aliphatic rings. The molecule has 0 fully saturated rings. The van der Waals surface area contributed by atoms with E-state index in [2.05, 4.69) is 0 Å². The van der Waals surface area contributed by atoms with Crippen molar-refractivity contribution in [3.8, 4) is 0 Å². The number of hydrogen-bond donors (Lipinski definition) is 1. The molecule has 0 radical (unpaired) electrons. The number of aryl methyl sites for hydroxylation is 1. The normalized spacial score (nSPS) is 13.9. The number of aliphatic carboxylic acids is 1. The molecule has 0 amide bonds. The lowest BCUT2D eigenvalue weighted by atomic mass is 9.84. The van der Waals surface area contributed by atoms with E-state index in [1.807, 2.05) is 32.2 Å². The van der Waals surface area contributed by atoms with Gasteiger partial charge in [-0.25, -0.2) is 4.79 Å². The zero-order valence-electron chi connectivity index (χ0n) is 9.40. The lowest BCUT2D eigenvalue weighted by molar-refractivity contribution is -0.152. The van der Waals surface area contributed by atoms with Crippen LogP contribution in [-0.2, 0) is 14.9 Å². The number of carboxylic acids is 1. The van der Waals surface area contributed by atoms with Crippen LogP contribution in [0.3, 0.4) is 0 Å². The predicted molar refractivity (Wildman–Crippen MR) is 60.5 cm³/mol. The highest BCUT2D eigenvalue weighted by Crippen LogP contribution is 2.33. The van der Waals surface area contributed by atoms with Gasteiger partial charge in [0.2, 0.25) is 0 Å². The van der Waals surface area contributed by atoms with Gasteiger partial charge in [-0.15, -0.1) is 11.3 Å². The Morgan fingerprint density at radius 1 is 1.60 bits per heavy atom. The molecular weight excluding hydrogens is 212 g/mol. The highest BCUT2D eigenvalue weighted by molar-refractivity contribution is 7.10. The molecule has 15 heavy (non-hydrogen) atoms. The molecule has 1 atom stereocenters. The van der Waals surface area contributed by atoms with Crippen LogP contribution in [-0.4, -0.2) is 24.3 Å². The number of carboxylic acid groups (broad SMARTS) is 1. The summed E-state index contributed by atoms with van der Waals surface area (Å²) >= 11 is 1.57. The Morgan fingerprint density at radius 2 is 2.20 bits per heavy atom. The van der Waals surface area contributed by atoms with Gasteiger partial charge in [0.1, 0.15) is 0 Å². The lowest BCUT2D eigenvalue weighted by Crippen LogP contribution is -2.40. The third-order valence-electron chi connectivity index (χ3n) is 2.48. The zero-order chi connectivity index (χ0) is 11.6. The third kappa shape index (κ3) is 2.38. The Kier molecular flexibility index (Phi) is 3.52. The minimum atomic E-state index is -0.923. The smallest absolute Gasteiger partial charge is 0.333 e. The maximum atomic E-state index is 11.0. The zero-order valence-corrected chi connectivity index (χ0v) is 10.2. The van der Waals surface area contributed by atoms with Crippen LogP contribution in [0.4, 0.5) is 0 Å². The Hall–Kier alpha value is -0.870. The molecule has 1 heterocycles. The van der Waals surface area contributed by atoms with Crippen molar-refractivity contribution in [1.29, 1.82) is 0 Å². The molecule has 1 rings (SSSR count). The van der Waals surface area contributed by atoms with Crippen LogP contribution in [0.2, 0.25) is 0 Å². The molecule has 0 aromatic carbocycles. The van der Waals surface area contributed by atoms with Gasteiger partial charge >= 0.3 is 5.97 Å². The van der Waals surface area contributed by atoms with E-state index in [4.69, 9.17) is 9.84 Å². The molecule has 0 spiro atoms. The van der Waals surface area contributed by atoms with Gasteiger partial charge < -0.3 is 9.84 Å². The van der Waals surface area contributed by atoms with Crippen LogP contribution in [0.1, 0.15) is 24.3 Å². The Labute approximate surface area is 93.7 Å². The van der Waals surface area contributed by atoms with E-state index >= 15 is 0 Å². The van der Waals surface area contributed by atoms with Crippen molar-refractivity contribution in [3.05, 3.63) is 21.9 Å². The summed E-state index contributed by atoms with van der Waals surface area (Å²) in [6.45, 7) is 5.78. The number of ether oxygens (including phenoxy) is 1. The van der Waals surface area contributed by atoms with Crippen molar-refractivity contribution in [2.45, 2.75) is 32.3 Å². The van der Waals surface area contributed by atoms with Gasteiger partial charge in [-0.1, -0.05) is 13.8 Å². The van der Waals surface area contributed by atoms with E-state index in [-0.39, 0.29) is 0 Å². The first-order valence-electron chi connectivity index (χ1n) is 4.70. The first kappa shape index (κ1) is 12.2. The minimum absolute atomic E-state index is 0.500. The number of methoxy groups -OCH3 is 1. The molecule has 0 saturated heterocycles. The molecule has 0 bridgehead atoms. The fourth-order valence-electron chi connectivity index (χ4n) is 1.60. The fraction of sp³-hybridized carbons (Fsp3) is 0.545. The molecule has 1 aromatic rings. The summed E-state index contributed by atoms with van der Waals surface area (Å²) in [4.78, 5) is 12.1. The summed E-state index contributed by atoms with van der Waals surface area (Å²) in [5.41, 5.74) is 0.655. The molecule has 3 nitrogen and oxygen atoms in total. The highest BCUT2D eigenvalue weighted by Gasteiger charge is 2.37. The van der Waals surface area contributed by atoms with E-state index in [9.17, 15) is 4.79 Å². The molecule has 1 N–H and O–H groups in total. The van der Waals surface area contributed by atoms with Crippen molar-refractivity contribution in [1.82, 2.24) is 0 Å². The van der Waals surface area contributed by atoms with Gasteiger partial charge in [0.25, 0.3) is 0 Å². The average Bonchev–Trinajstić information content (AvgIpc) is 2.52. The first-order chi connectivity index (χ1) is 6.89. The second-order valence-corrected chi connectivity index (χ2v) is 5.08. The van der Waals surface area contributed by atoms with Crippen molar-refractivity contribution < 1.29 is 14.6 Å². The van der Waals surface area contributed by atoms with Gasteiger partial charge in [-0.05, 0) is 23.9 Å². The topological polar surface area (TPSA) is 46.5 Å². The maximum Gasteiger partial charge on any atom is 0.333 e. The minimum Gasteiger partial charge on any atom is -0.479 e. The van der Waals surface area contributed by atoms with E-state index < -0.39 is 17.5 Å². The Balaban J connectivity index is 3.04. The van der Waals surface area contributed by atoms with Gasteiger partial charge in [-0.3, -0.25) is 0 Å². The molecule has 0 aliphatic heterocycles. The second-order valence-electron chi connectivity index (χ2n) is 4.16. The summed E-state index contributed by atoms with van der Waals surface area (Å²) in [7, 11) is 1.43. The standard InChI is InChI=1S/C11H16O3S/c1-7-5-8(15-6-7)11(2,3)9(14-4)10(12)13/h5-6,9H,1-4H3,(H,12,13). The van der Waals surface area contributed by atoms with Crippen molar-refractivity contribution >= 4 is 17.3 Å². The molecular formula is C11H16O3S. The number of hydrogen-bond acceptors (Lipinski definition) is 3. The predicted octanol–water partition coefficient (Wildman–Crippen LogP) is 2.43. The SMILES string of the molecule is COC(C(=O)O)C(C)(C)c1cc(C)cs1. The van der Waals surface area contributed by atoms with E-state index in [1.54, 1.807) is 11.3 Å².